The molecule has 150 valence electrons. The highest BCUT2D eigenvalue weighted by Crippen LogP contribution is 2.22. The fraction of sp³-hybridized carbons (Fsp3) is 0.150. The van der Waals surface area contributed by atoms with Crippen LogP contribution in [0.1, 0.15) is 21.7 Å². The van der Waals surface area contributed by atoms with E-state index in [1.165, 1.54) is 36.0 Å². The maximum Gasteiger partial charge on any atom is 0.264 e. The first-order chi connectivity index (χ1) is 13.8. The van der Waals surface area contributed by atoms with E-state index in [0.29, 0.717) is 22.6 Å². The van der Waals surface area contributed by atoms with Gasteiger partial charge in [-0.3, -0.25) is 4.79 Å². The summed E-state index contributed by atoms with van der Waals surface area (Å²) >= 11 is 1.48. The summed E-state index contributed by atoms with van der Waals surface area (Å²) in [6.07, 6.45) is 1.90. The van der Waals surface area contributed by atoms with Gasteiger partial charge in [0, 0.05) is 22.0 Å². The molecule has 0 aliphatic heterocycles. The van der Waals surface area contributed by atoms with E-state index in [9.17, 15) is 13.2 Å². The number of carbonyl (C=O) groups excluding carboxylic acids is 1. The quantitative estimate of drug-likeness (QED) is 0.578. The summed E-state index contributed by atoms with van der Waals surface area (Å²) in [5, 5.41) is 2.78. The van der Waals surface area contributed by atoms with Gasteiger partial charge in [-0.25, -0.2) is 23.1 Å². The van der Waals surface area contributed by atoms with Crippen LogP contribution in [0, 0.1) is 13.8 Å². The molecule has 2 N–H and O–H groups in total. The number of aromatic nitrogens is 2. The summed E-state index contributed by atoms with van der Waals surface area (Å²) in [5.41, 5.74) is 2.38. The van der Waals surface area contributed by atoms with Gasteiger partial charge >= 0.3 is 0 Å². The molecule has 0 saturated heterocycles. The predicted octanol–water partition coefficient (Wildman–Crippen LogP) is 3.87. The molecule has 0 fully saturated rings. The molecule has 0 radical (unpaired) electrons. The van der Waals surface area contributed by atoms with Crippen LogP contribution in [0.25, 0.3) is 0 Å². The third kappa shape index (κ3) is 5.12. The molecule has 0 atom stereocenters. The molecule has 0 saturated carbocycles. The largest absolute Gasteiger partial charge is 0.322 e. The van der Waals surface area contributed by atoms with Crippen molar-refractivity contribution in [3.63, 3.8) is 0 Å². The van der Waals surface area contributed by atoms with Gasteiger partial charge in [0.2, 0.25) is 5.95 Å². The van der Waals surface area contributed by atoms with Crippen LogP contribution >= 0.6 is 11.8 Å². The fourth-order valence-corrected chi connectivity index (χ4v) is 4.24. The monoisotopic (exact) mass is 428 g/mol. The Morgan fingerprint density at radius 1 is 0.966 bits per heavy atom. The summed E-state index contributed by atoms with van der Waals surface area (Å²) in [7, 11) is -3.85. The molecule has 3 rings (SSSR count). The van der Waals surface area contributed by atoms with E-state index in [0.717, 1.165) is 4.90 Å². The predicted molar refractivity (Wildman–Crippen MR) is 115 cm³/mol. The number of sulfonamides is 1. The van der Waals surface area contributed by atoms with Crippen LogP contribution in [0.15, 0.2) is 64.4 Å². The van der Waals surface area contributed by atoms with Crippen molar-refractivity contribution in [1.29, 1.82) is 0 Å². The van der Waals surface area contributed by atoms with E-state index in [2.05, 4.69) is 20.0 Å². The Morgan fingerprint density at radius 3 is 2.21 bits per heavy atom. The fourth-order valence-electron chi connectivity index (χ4n) is 2.70. The molecule has 0 aliphatic carbocycles. The van der Waals surface area contributed by atoms with Crippen LogP contribution in [0.5, 0.6) is 0 Å². The van der Waals surface area contributed by atoms with E-state index in [-0.39, 0.29) is 16.8 Å². The summed E-state index contributed by atoms with van der Waals surface area (Å²) < 4.78 is 27.5. The highest BCUT2D eigenvalue weighted by Gasteiger charge is 2.17. The average Bonchev–Trinajstić information content (AvgIpc) is 2.67. The lowest BCUT2D eigenvalue weighted by Crippen LogP contribution is -2.16. The minimum Gasteiger partial charge on any atom is -0.322 e. The normalized spacial score (nSPS) is 11.1. The zero-order valence-electron chi connectivity index (χ0n) is 16.1. The number of anilines is 2. The zero-order valence-corrected chi connectivity index (χ0v) is 17.8. The van der Waals surface area contributed by atoms with Gasteiger partial charge in [0.05, 0.1) is 10.5 Å². The maximum absolute atomic E-state index is 12.6. The highest BCUT2D eigenvalue weighted by molar-refractivity contribution is 7.98. The van der Waals surface area contributed by atoms with Crippen molar-refractivity contribution in [2.75, 3.05) is 16.3 Å². The van der Waals surface area contributed by atoms with Crippen molar-refractivity contribution < 1.29 is 13.2 Å². The number of rotatable bonds is 6. The zero-order chi connectivity index (χ0) is 21.0. The van der Waals surface area contributed by atoms with Gasteiger partial charge in [-0.15, -0.1) is 11.8 Å². The Kier molecular flexibility index (Phi) is 6.19. The second-order valence-corrected chi connectivity index (χ2v) is 8.79. The first-order valence-electron chi connectivity index (χ1n) is 8.68. The van der Waals surface area contributed by atoms with Gasteiger partial charge in [-0.05, 0) is 62.6 Å². The first kappa shape index (κ1) is 20.8. The summed E-state index contributed by atoms with van der Waals surface area (Å²) in [6.45, 7) is 3.53. The second kappa shape index (κ2) is 8.62. The molecule has 9 heteroatoms. The lowest BCUT2D eigenvalue weighted by Gasteiger charge is -2.10. The van der Waals surface area contributed by atoms with Gasteiger partial charge in [-0.2, -0.15) is 0 Å². The van der Waals surface area contributed by atoms with Crippen LogP contribution in [-0.2, 0) is 10.0 Å². The third-order valence-electron chi connectivity index (χ3n) is 3.98. The number of hydrogen-bond acceptors (Lipinski definition) is 6. The summed E-state index contributed by atoms with van der Waals surface area (Å²) in [6, 6.07) is 14.9. The molecule has 1 aromatic heterocycles. The number of nitrogens with zero attached hydrogens (tertiary/aromatic N) is 2. The molecule has 0 unspecified atom stereocenters. The van der Waals surface area contributed by atoms with Gasteiger partial charge in [0.1, 0.15) is 0 Å². The summed E-state index contributed by atoms with van der Waals surface area (Å²) in [4.78, 5) is 21.6. The van der Waals surface area contributed by atoms with Crippen LogP contribution in [0.4, 0.5) is 11.6 Å². The van der Waals surface area contributed by atoms with Crippen molar-refractivity contribution >= 4 is 39.3 Å². The number of aryl methyl sites for hydroxylation is 2. The van der Waals surface area contributed by atoms with Gasteiger partial charge in [0.15, 0.2) is 0 Å². The van der Waals surface area contributed by atoms with Crippen molar-refractivity contribution in [2.45, 2.75) is 23.6 Å². The van der Waals surface area contributed by atoms with E-state index in [1.54, 1.807) is 32.0 Å². The molecule has 0 bridgehead atoms. The second-order valence-electron chi connectivity index (χ2n) is 6.26. The summed E-state index contributed by atoms with van der Waals surface area (Å²) in [5.74, 6) is -0.235. The van der Waals surface area contributed by atoms with Crippen molar-refractivity contribution in [2.24, 2.45) is 0 Å². The Bertz CT molecular complexity index is 1130. The van der Waals surface area contributed by atoms with Crippen LogP contribution in [0.3, 0.4) is 0 Å². The average molecular weight is 429 g/mol. The smallest absolute Gasteiger partial charge is 0.264 e. The van der Waals surface area contributed by atoms with Crippen molar-refractivity contribution in [1.82, 2.24) is 9.97 Å². The van der Waals surface area contributed by atoms with E-state index >= 15 is 0 Å². The minimum atomic E-state index is -3.85. The number of nitrogens with one attached hydrogen (secondary N) is 2. The number of amides is 1. The highest BCUT2D eigenvalue weighted by atomic mass is 32.2. The minimum absolute atomic E-state index is 0.0218. The Balaban J connectivity index is 1.76. The molecule has 0 aliphatic rings. The molecule has 2 aromatic carbocycles. The van der Waals surface area contributed by atoms with E-state index in [4.69, 9.17) is 0 Å². The van der Waals surface area contributed by atoms with Gasteiger partial charge in [0.25, 0.3) is 15.9 Å². The Hall–Kier alpha value is -2.91. The van der Waals surface area contributed by atoms with Crippen LogP contribution in [0.2, 0.25) is 0 Å². The molecule has 1 amide bonds. The third-order valence-corrected chi connectivity index (χ3v) is 6.12. The number of thioether (sulfide) groups is 1. The molecule has 0 spiro atoms. The first-order valence-corrected chi connectivity index (χ1v) is 11.4. The molecular weight excluding hydrogens is 408 g/mol. The Labute approximate surface area is 174 Å². The molecule has 1 heterocycles. The van der Waals surface area contributed by atoms with Gasteiger partial charge < -0.3 is 5.32 Å². The topological polar surface area (TPSA) is 101 Å². The molecular formula is C20H20N4O3S2. The maximum atomic E-state index is 12.6. The number of benzene rings is 2. The number of hydrogen-bond donors (Lipinski definition) is 2. The SMILES string of the molecule is CSc1ccccc1C(=O)Nc1ccc(S(=O)(=O)Nc2nc(C)cc(C)n2)cc1. The lowest BCUT2D eigenvalue weighted by atomic mass is 10.2. The van der Waals surface area contributed by atoms with E-state index < -0.39 is 10.0 Å². The lowest BCUT2D eigenvalue weighted by molar-refractivity contribution is 0.102. The molecule has 29 heavy (non-hydrogen) atoms. The number of carbonyl (C=O) groups is 1. The molecule has 3 aromatic rings. The van der Waals surface area contributed by atoms with Crippen molar-refractivity contribution in [3.8, 4) is 0 Å². The van der Waals surface area contributed by atoms with Crippen LogP contribution < -0.4 is 10.0 Å². The van der Waals surface area contributed by atoms with Crippen molar-refractivity contribution in [3.05, 3.63) is 71.5 Å². The standard InChI is InChI=1S/C20H20N4O3S2/c1-13-12-14(2)22-20(21-13)24-29(26,27)16-10-8-15(9-11-16)23-19(25)17-6-4-5-7-18(17)28-3/h4-12H,1-3H3,(H,23,25)(H,21,22,24). The van der Waals surface area contributed by atoms with Crippen LogP contribution in [-0.4, -0.2) is 30.5 Å². The molecule has 7 nitrogen and oxygen atoms in total. The van der Waals surface area contributed by atoms with Gasteiger partial charge in [-0.1, -0.05) is 12.1 Å². The Morgan fingerprint density at radius 2 is 1.59 bits per heavy atom. The van der Waals surface area contributed by atoms with E-state index in [1.807, 2.05) is 18.4 Å².